The van der Waals surface area contributed by atoms with Crippen LogP contribution in [-0.2, 0) is 23.9 Å². The van der Waals surface area contributed by atoms with Crippen LogP contribution in [0.2, 0.25) is 0 Å². The van der Waals surface area contributed by atoms with Crippen molar-refractivity contribution in [1.82, 2.24) is 15.1 Å². The highest BCUT2D eigenvalue weighted by atomic mass is 16.5. The predicted octanol–water partition coefficient (Wildman–Crippen LogP) is 0.160. The lowest BCUT2D eigenvalue weighted by Gasteiger charge is -2.46. The van der Waals surface area contributed by atoms with Crippen molar-refractivity contribution in [3.63, 3.8) is 0 Å². The average molecular weight is 343 g/mol. The Kier molecular flexibility index (Phi) is 7.40. The number of amides is 3. The molecular weight excluding hydrogens is 314 g/mol. The minimum Gasteiger partial charge on any atom is -0.467 e. The van der Waals surface area contributed by atoms with E-state index in [1.54, 1.807) is 13.8 Å². The summed E-state index contributed by atoms with van der Waals surface area (Å²) in [6, 6.07) is 0. The van der Waals surface area contributed by atoms with E-state index in [4.69, 9.17) is 4.74 Å². The van der Waals surface area contributed by atoms with Crippen molar-refractivity contribution in [2.45, 2.75) is 51.6 Å². The molecule has 138 valence electrons. The van der Waals surface area contributed by atoms with Crippen LogP contribution in [0.1, 0.15) is 40.5 Å². The Morgan fingerprint density at radius 1 is 1.04 bits per heavy atom. The van der Waals surface area contributed by atoms with E-state index in [1.807, 2.05) is 0 Å². The van der Waals surface area contributed by atoms with Gasteiger partial charge in [-0.25, -0.2) is 4.79 Å². The molecule has 0 rings (SSSR count). The maximum Gasteiger partial charge on any atom is 0.331 e. The number of nitrogens with zero attached hydrogens (tertiary/aromatic N) is 2. The molecule has 0 aromatic heterocycles. The maximum atomic E-state index is 12.5. The van der Waals surface area contributed by atoms with E-state index >= 15 is 0 Å². The van der Waals surface area contributed by atoms with Crippen LogP contribution < -0.4 is 5.32 Å². The Morgan fingerprint density at radius 2 is 1.50 bits per heavy atom. The van der Waals surface area contributed by atoms with Crippen molar-refractivity contribution in [2.75, 3.05) is 28.3 Å². The Bertz CT molecular complexity index is 522. The Hall–Kier alpha value is -2.12. The number of carbonyl (C=O) groups excluding carboxylic acids is 4. The van der Waals surface area contributed by atoms with Gasteiger partial charge in [0.15, 0.2) is 0 Å². The van der Waals surface area contributed by atoms with E-state index in [1.165, 1.54) is 51.9 Å². The van der Waals surface area contributed by atoms with Crippen molar-refractivity contribution in [3.05, 3.63) is 0 Å². The van der Waals surface area contributed by atoms with Crippen LogP contribution in [0.4, 0.5) is 0 Å². The molecule has 8 heteroatoms. The topological polar surface area (TPSA) is 96.0 Å². The van der Waals surface area contributed by atoms with Crippen molar-refractivity contribution in [3.8, 4) is 0 Å². The SMILES string of the molecule is CCC(CC(C)(C(=O)NC)N(C)C(C)=O)(C(=O)OC)N(C)C(C)=O. The minimum atomic E-state index is -1.37. The van der Waals surface area contributed by atoms with Gasteiger partial charge in [0.2, 0.25) is 17.7 Å². The molecule has 0 bridgehead atoms. The number of esters is 1. The lowest BCUT2D eigenvalue weighted by atomic mass is 9.78. The molecule has 0 fully saturated rings. The van der Waals surface area contributed by atoms with Crippen molar-refractivity contribution < 1.29 is 23.9 Å². The third kappa shape index (κ3) is 3.85. The van der Waals surface area contributed by atoms with Gasteiger partial charge >= 0.3 is 5.97 Å². The number of hydrogen-bond donors (Lipinski definition) is 1. The summed E-state index contributed by atoms with van der Waals surface area (Å²) in [6.45, 7) is 5.96. The summed E-state index contributed by atoms with van der Waals surface area (Å²) in [7, 11) is 5.66. The van der Waals surface area contributed by atoms with Crippen LogP contribution in [0.5, 0.6) is 0 Å². The smallest absolute Gasteiger partial charge is 0.331 e. The first-order valence-corrected chi connectivity index (χ1v) is 7.74. The van der Waals surface area contributed by atoms with Crippen LogP contribution in [0.15, 0.2) is 0 Å². The van der Waals surface area contributed by atoms with Crippen LogP contribution in [0.3, 0.4) is 0 Å². The van der Waals surface area contributed by atoms with E-state index in [2.05, 4.69) is 5.32 Å². The Labute approximate surface area is 143 Å². The maximum absolute atomic E-state index is 12.5. The van der Waals surface area contributed by atoms with Gasteiger partial charge in [-0.1, -0.05) is 6.92 Å². The Balaban J connectivity index is 6.30. The van der Waals surface area contributed by atoms with Gasteiger partial charge in [-0.3, -0.25) is 14.4 Å². The molecule has 2 unspecified atom stereocenters. The number of rotatable bonds is 7. The van der Waals surface area contributed by atoms with Gasteiger partial charge in [0.1, 0.15) is 11.1 Å². The molecule has 0 aromatic rings. The van der Waals surface area contributed by atoms with Gasteiger partial charge in [-0.05, 0) is 13.3 Å². The summed E-state index contributed by atoms with van der Waals surface area (Å²) < 4.78 is 4.91. The molecule has 3 amide bonds. The van der Waals surface area contributed by atoms with E-state index in [9.17, 15) is 19.2 Å². The number of hydrogen-bond acceptors (Lipinski definition) is 5. The lowest BCUT2D eigenvalue weighted by molar-refractivity contribution is -0.166. The first-order chi connectivity index (χ1) is 10.9. The first kappa shape index (κ1) is 21.9. The Morgan fingerprint density at radius 3 is 1.79 bits per heavy atom. The minimum absolute atomic E-state index is 0.0883. The number of ether oxygens (including phenoxy) is 1. The van der Waals surface area contributed by atoms with Crippen molar-refractivity contribution >= 4 is 23.7 Å². The normalized spacial score (nSPS) is 15.5. The summed E-state index contributed by atoms with van der Waals surface area (Å²) >= 11 is 0. The fraction of sp³-hybridized carbons (Fsp3) is 0.750. The molecule has 0 spiro atoms. The molecule has 24 heavy (non-hydrogen) atoms. The number of methoxy groups -OCH3 is 1. The molecule has 0 radical (unpaired) electrons. The molecule has 2 atom stereocenters. The highest BCUT2D eigenvalue weighted by Crippen LogP contribution is 2.34. The first-order valence-electron chi connectivity index (χ1n) is 7.74. The second-order valence-corrected chi connectivity index (χ2v) is 6.06. The number of nitrogens with one attached hydrogen (secondary N) is 1. The van der Waals surface area contributed by atoms with E-state index in [-0.39, 0.29) is 24.7 Å². The average Bonchev–Trinajstić information content (AvgIpc) is 2.56. The van der Waals surface area contributed by atoms with Crippen LogP contribution in [0, 0.1) is 0 Å². The summed E-state index contributed by atoms with van der Waals surface area (Å²) in [5.41, 5.74) is -2.71. The van der Waals surface area contributed by atoms with Gasteiger partial charge in [0, 0.05) is 41.4 Å². The summed E-state index contributed by atoms with van der Waals surface area (Å²) in [4.78, 5) is 51.4. The van der Waals surface area contributed by atoms with Crippen molar-refractivity contribution in [2.24, 2.45) is 0 Å². The van der Waals surface area contributed by atoms with Gasteiger partial charge < -0.3 is 19.9 Å². The standard InChI is InChI=1S/C16H29N3O5/c1-9-16(14(23)24-8,19(7)12(3)21)10-15(4,13(22)17-5)18(6)11(2)20/h9-10H2,1-8H3,(H,17,22). The summed E-state index contributed by atoms with van der Waals surface area (Å²) in [5.74, 6) is -1.73. The number of carbonyl (C=O) groups is 4. The molecule has 0 aliphatic heterocycles. The van der Waals surface area contributed by atoms with Crippen LogP contribution in [0.25, 0.3) is 0 Å². The second kappa shape index (κ2) is 8.12. The molecule has 0 saturated carbocycles. The fourth-order valence-corrected chi connectivity index (χ4v) is 2.86. The largest absolute Gasteiger partial charge is 0.467 e. The van der Waals surface area contributed by atoms with Gasteiger partial charge in [-0.15, -0.1) is 0 Å². The zero-order chi connectivity index (χ0) is 19.3. The zero-order valence-electron chi connectivity index (χ0n) is 15.8. The van der Waals surface area contributed by atoms with E-state index in [0.717, 1.165) is 0 Å². The van der Waals surface area contributed by atoms with Crippen LogP contribution in [-0.4, -0.2) is 72.8 Å². The van der Waals surface area contributed by atoms with Gasteiger partial charge in [0.25, 0.3) is 0 Å². The molecular formula is C16H29N3O5. The molecule has 0 heterocycles. The molecule has 8 nitrogen and oxygen atoms in total. The third-order valence-corrected chi connectivity index (χ3v) is 4.83. The van der Waals surface area contributed by atoms with E-state index < -0.39 is 23.0 Å². The molecule has 0 saturated heterocycles. The second-order valence-electron chi connectivity index (χ2n) is 6.06. The fourth-order valence-electron chi connectivity index (χ4n) is 2.86. The monoisotopic (exact) mass is 343 g/mol. The third-order valence-electron chi connectivity index (χ3n) is 4.83. The zero-order valence-corrected chi connectivity index (χ0v) is 15.8. The highest BCUT2D eigenvalue weighted by molar-refractivity contribution is 5.93. The van der Waals surface area contributed by atoms with Crippen LogP contribution >= 0.6 is 0 Å². The summed E-state index contributed by atoms with van der Waals surface area (Å²) in [6.07, 6.45) is 0.142. The summed E-state index contributed by atoms with van der Waals surface area (Å²) in [5, 5.41) is 2.52. The predicted molar refractivity (Wildman–Crippen MR) is 89.0 cm³/mol. The molecule has 0 aliphatic carbocycles. The van der Waals surface area contributed by atoms with Gasteiger partial charge in [-0.2, -0.15) is 0 Å². The molecule has 1 N–H and O–H groups in total. The lowest BCUT2D eigenvalue weighted by Crippen LogP contribution is -2.65. The van der Waals surface area contributed by atoms with Crippen molar-refractivity contribution in [1.29, 1.82) is 0 Å². The van der Waals surface area contributed by atoms with E-state index in [0.29, 0.717) is 0 Å². The number of likely N-dealkylation sites (N-methyl/N-ethyl adjacent to an activating group) is 3. The van der Waals surface area contributed by atoms with Gasteiger partial charge in [0.05, 0.1) is 7.11 Å². The highest BCUT2D eigenvalue weighted by Gasteiger charge is 2.52. The quantitative estimate of drug-likeness (QED) is 0.664. The molecule has 0 aliphatic rings. The molecule has 0 aromatic carbocycles.